The maximum Gasteiger partial charge on any atom is 0.519 e. The van der Waals surface area contributed by atoms with Crippen molar-refractivity contribution in [3.8, 4) is 17.2 Å². The fourth-order valence-corrected chi connectivity index (χ4v) is 5.23. The second-order valence-corrected chi connectivity index (χ2v) is 8.53. The average Bonchev–Trinajstić information content (AvgIpc) is 3.24. The fraction of sp³-hybridized carbons (Fsp3) is 0.320. The molecule has 0 spiro atoms. The van der Waals surface area contributed by atoms with E-state index in [1.54, 1.807) is 6.07 Å². The number of para-hydroxylation sites is 1. The largest absolute Gasteiger partial charge is 0.519 e. The molecule has 2 aliphatic carbocycles. The molecule has 0 aromatic heterocycles. The number of hydrogen-bond acceptors (Lipinski definition) is 4. The van der Waals surface area contributed by atoms with Crippen molar-refractivity contribution in [3.63, 3.8) is 0 Å². The molecule has 4 nitrogen and oxygen atoms in total. The molecule has 4 heteroatoms. The van der Waals surface area contributed by atoms with E-state index in [1.807, 2.05) is 50.2 Å². The molecule has 1 saturated carbocycles. The van der Waals surface area contributed by atoms with Gasteiger partial charge in [-0.3, -0.25) is 0 Å². The number of carbonyl (C=O) groups is 1. The van der Waals surface area contributed by atoms with Crippen LogP contribution in [0.4, 0.5) is 4.79 Å². The minimum atomic E-state index is -0.745. The molecule has 0 amide bonds. The third-order valence-electron chi connectivity index (χ3n) is 6.60. The minimum absolute atomic E-state index is 0.307. The Morgan fingerprint density at radius 3 is 2.59 bits per heavy atom. The van der Waals surface area contributed by atoms with Crippen molar-refractivity contribution in [1.82, 2.24) is 0 Å². The summed E-state index contributed by atoms with van der Waals surface area (Å²) in [5.74, 6) is 2.53. The van der Waals surface area contributed by atoms with Gasteiger partial charge in [-0.05, 0) is 62.1 Å². The molecular weight excluding hydrogens is 364 g/mol. The number of ether oxygens (including phenoxy) is 2. The van der Waals surface area contributed by atoms with Crippen molar-refractivity contribution in [3.05, 3.63) is 64.7 Å². The third kappa shape index (κ3) is 2.78. The van der Waals surface area contributed by atoms with Crippen LogP contribution in [0.3, 0.4) is 0 Å². The second-order valence-electron chi connectivity index (χ2n) is 8.53. The summed E-state index contributed by atoms with van der Waals surface area (Å²) in [5.41, 5.74) is 3.87. The molecule has 3 unspecified atom stereocenters. The first-order valence-corrected chi connectivity index (χ1v) is 10.2. The molecule has 2 bridgehead atoms. The lowest BCUT2D eigenvalue weighted by atomic mass is 9.82. The van der Waals surface area contributed by atoms with Gasteiger partial charge in [-0.15, -0.1) is 0 Å². The molecule has 3 aromatic carbocycles. The minimum Gasteiger partial charge on any atom is -0.507 e. The summed E-state index contributed by atoms with van der Waals surface area (Å²) in [4.78, 5) is 12.7. The van der Waals surface area contributed by atoms with E-state index < -0.39 is 6.16 Å². The Kier molecular flexibility index (Phi) is 4.05. The van der Waals surface area contributed by atoms with Crippen LogP contribution >= 0.6 is 0 Å². The highest BCUT2D eigenvalue weighted by Crippen LogP contribution is 2.62. The van der Waals surface area contributed by atoms with E-state index in [4.69, 9.17) is 9.47 Å². The molecule has 0 aliphatic heterocycles. The van der Waals surface area contributed by atoms with Crippen molar-refractivity contribution in [2.24, 2.45) is 5.92 Å². The van der Waals surface area contributed by atoms with E-state index in [0.29, 0.717) is 35.0 Å². The van der Waals surface area contributed by atoms with E-state index in [9.17, 15) is 9.90 Å². The van der Waals surface area contributed by atoms with E-state index in [0.717, 1.165) is 45.9 Å². The Balaban J connectivity index is 1.62. The van der Waals surface area contributed by atoms with Gasteiger partial charge in [0.2, 0.25) is 0 Å². The van der Waals surface area contributed by atoms with Gasteiger partial charge in [0.05, 0.1) is 0 Å². The Labute approximate surface area is 170 Å². The van der Waals surface area contributed by atoms with Crippen LogP contribution < -0.4 is 9.47 Å². The highest BCUT2D eigenvalue weighted by Gasteiger charge is 2.46. The van der Waals surface area contributed by atoms with Gasteiger partial charge in [0, 0.05) is 21.9 Å². The summed E-state index contributed by atoms with van der Waals surface area (Å²) in [5, 5.41) is 12.6. The molecule has 148 valence electrons. The molecule has 1 fully saturated rings. The number of aryl methyl sites for hydroxylation is 2. The highest BCUT2D eigenvalue weighted by atomic mass is 16.7. The highest BCUT2D eigenvalue weighted by molar-refractivity contribution is 5.98. The van der Waals surface area contributed by atoms with Gasteiger partial charge in [0.25, 0.3) is 0 Å². The quantitative estimate of drug-likeness (QED) is 0.410. The standard InChI is InChI=1S/C25H24O4/c1-13-8-9-17-19(10-13)24(29-25(27)28-20-7-5-4-6-14(20)2)21-16-11-15(3)18(12-16)22(21)23(17)26/h4-10,15-16,18,26H,11-12H2,1-3H3. The normalized spacial score (nSPS) is 22.0. The fourth-order valence-electron chi connectivity index (χ4n) is 5.23. The van der Waals surface area contributed by atoms with Crippen LogP contribution in [0.25, 0.3) is 10.8 Å². The van der Waals surface area contributed by atoms with Gasteiger partial charge >= 0.3 is 6.16 Å². The molecule has 1 N–H and O–H groups in total. The zero-order chi connectivity index (χ0) is 20.3. The number of benzene rings is 3. The predicted octanol–water partition coefficient (Wildman–Crippen LogP) is 6.35. The van der Waals surface area contributed by atoms with Gasteiger partial charge in [0.1, 0.15) is 17.2 Å². The molecule has 5 rings (SSSR count). The monoisotopic (exact) mass is 388 g/mol. The Morgan fingerprint density at radius 2 is 1.79 bits per heavy atom. The topological polar surface area (TPSA) is 55.8 Å². The zero-order valence-electron chi connectivity index (χ0n) is 16.9. The van der Waals surface area contributed by atoms with Gasteiger partial charge in [-0.2, -0.15) is 0 Å². The Bertz CT molecular complexity index is 1150. The average molecular weight is 388 g/mol. The number of rotatable bonds is 2. The predicted molar refractivity (Wildman–Crippen MR) is 112 cm³/mol. The number of phenols is 1. The summed E-state index contributed by atoms with van der Waals surface area (Å²) in [6.45, 7) is 6.12. The second kappa shape index (κ2) is 6.51. The van der Waals surface area contributed by atoms with Crippen molar-refractivity contribution in [2.75, 3.05) is 0 Å². The maximum absolute atomic E-state index is 12.7. The molecule has 0 heterocycles. The third-order valence-corrected chi connectivity index (χ3v) is 6.60. The molecule has 0 radical (unpaired) electrons. The Hall–Kier alpha value is -3.01. The molecule has 3 aromatic rings. The zero-order valence-corrected chi connectivity index (χ0v) is 16.9. The molecule has 2 aliphatic rings. The first kappa shape index (κ1) is 18.0. The number of phenolic OH excluding ortho intramolecular Hbond substituents is 1. The lowest BCUT2D eigenvalue weighted by molar-refractivity contribution is 0.151. The van der Waals surface area contributed by atoms with Gasteiger partial charge in [-0.25, -0.2) is 4.79 Å². The number of carbonyl (C=O) groups excluding carboxylic acids is 1. The number of fused-ring (bicyclic) bond motifs is 6. The lowest BCUT2D eigenvalue weighted by Gasteiger charge is -2.25. The van der Waals surface area contributed by atoms with Crippen LogP contribution in [0.5, 0.6) is 17.2 Å². The van der Waals surface area contributed by atoms with Crippen LogP contribution in [0.2, 0.25) is 0 Å². The number of aromatic hydroxyl groups is 1. The van der Waals surface area contributed by atoms with Gasteiger partial charge in [0.15, 0.2) is 0 Å². The van der Waals surface area contributed by atoms with Crippen molar-refractivity contribution >= 4 is 16.9 Å². The number of hydrogen-bond donors (Lipinski definition) is 1. The van der Waals surface area contributed by atoms with Crippen molar-refractivity contribution in [1.29, 1.82) is 0 Å². The van der Waals surface area contributed by atoms with Crippen molar-refractivity contribution < 1.29 is 19.4 Å². The van der Waals surface area contributed by atoms with E-state index in [2.05, 4.69) is 6.92 Å². The van der Waals surface area contributed by atoms with E-state index in [1.165, 1.54) is 0 Å². The molecule has 0 saturated heterocycles. The molecule has 29 heavy (non-hydrogen) atoms. The maximum atomic E-state index is 12.7. The van der Waals surface area contributed by atoms with Gasteiger partial charge in [-0.1, -0.05) is 42.8 Å². The molecule has 3 atom stereocenters. The first-order valence-electron chi connectivity index (χ1n) is 10.2. The Morgan fingerprint density at radius 1 is 1.00 bits per heavy atom. The van der Waals surface area contributed by atoms with Crippen LogP contribution in [-0.2, 0) is 0 Å². The summed E-state index contributed by atoms with van der Waals surface area (Å²) in [6, 6.07) is 13.2. The van der Waals surface area contributed by atoms with Crippen LogP contribution in [-0.4, -0.2) is 11.3 Å². The first-order chi connectivity index (χ1) is 13.9. The summed E-state index contributed by atoms with van der Waals surface area (Å²) in [7, 11) is 0. The summed E-state index contributed by atoms with van der Waals surface area (Å²) >= 11 is 0. The summed E-state index contributed by atoms with van der Waals surface area (Å²) in [6.07, 6.45) is 1.31. The van der Waals surface area contributed by atoms with E-state index >= 15 is 0 Å². The van der Waals surface area contributed by atoms with Crippen LogP contribution in [0, 0.1) is 19.8 Å². The smallest absolute Gasteiger partial charge is 0.507 e. The molecular formula is C25H24O4. The SMILES string of the molecule is Cc1ccc2c(O)c3c(c(OC(=O)Oc4ccccc4C)c2c1)C1CC(C)C3C1. The lowest BCUT2D eigenvalue weighted by Crippen LogP contribution is -2.17. The van der Waals surface area contributed by atoms with Gasteiger partial charge < -0.3 is 14.6 Å². The van der Waals surface area contributed by atoms with Crippen LogP contribution in [0.1, 0.15) is 53.9 Å². The summed E-state index contributed by atoms with van der Waals surface area (Å²) < 4.78 is 11.4. The van der Waals surface area contributed by atoms with Crippen molar-refractivity contribution in [2.45, 2.75) is 45.4 Å². The van der Waals surface area contributed by atoms with E-state index in [-0.39, 0.29) is 0 Å². The van der Waals surface area contributed by atoms with Crippen LogP contribution in [0.15, 0.2) is 42.5 Å².